The minimum Gasteiger partial charge on any atom is -0.327 e. The van der Waals surface area contributed by atoms with E-state index in [2.05, 4.69) is 54.9 Å². The van der Waals surface area contributed by atoms with E-state index >= 15 is 0 Å². The second kappa shape index (κ2) is 6.71. The molecule has 3 nitrogen and oxygen atoms in total. The summed E-state index contributed by atoms with van der Waals surface area (Å²) < 4.78 is 2.35. The lowest BCUT2D eigenvalue weighted by Gasteiger charge is -2.14. The van der Waals surface area contributed by atoms with E-state index in [0.717, 1.165) is 25.0 Å². The van der Waals surface area contributed by atoms with Crippen molar-refractivity contribution in [3.63, 3.8) is 0 Å². The highest BCUT2D eigenvalue weighted by atomic mass is 15.1. The zero-order chi connectivity index (χ0) is 13.7. The van der Waals surface area contributed by atoms with E-state index in [1.165, 1.54) is 24.2 Å². The maximum atomic E-state index is 4.70. The van der Waals surface area contributed by atoms with Gasteiger partial charge in [0, 0.05) is 25.6 Å². The van der Waals surface area contributed by atoms with Gasteiger partial charge in [-0.25, -0.2) is 4.98 Å². The average molecular weight is 259 g/mol. The Morgan fingerprint density at radius 2 is 2.05 bits per heavy atom. The number of nitrogens with zero attached hydrogens (tertiary/aromatic N) is 2. The third kappa shape index (κ3) is 3.35. The molecule has 1 heterocycles. The molecule has 104 valence electrons. The molecule has 0 aliphatic heterocycles. The fourth-order valence-electron chi connectivity index (χ4n) is 2.60. The first-order valence-corrected chi connectivity index (χ1v) is 7.43. The molecule has 0 saturated carbocycles. The van der Waals surface area contributed by atoms with E-state index in [1.807, 2.05) is 0 Å². The molecule has 3 heteroatoms. The third-order valence-electron chi connectivity index (χ3n) is 3.60. The van der Waals surface area contributed by atoms with Gasteiger partial charge in [-0.3, -0.25) is 0 Å². The van der Waals surface area contributed by atoms with E-state index in [-0.39, 0.29) is 0 Å². The number of hydrogen-bond acceptors (Lipinski definition) is 2. The first-order valence-electron chi connectivity index (χ1n) is 7.43. The fourth-order valence-corrected chi connectivity index (χ4v) is 2.60. The lowest BCUT2D eigenvalue weighted by molar-refractivity contribution is 0.485. The van der Waals surface area contributed by atoms with Gasteiger partial charge < -0.3 is 9.88 Å². The summed E-state index contributed by atoms with van der Waals surface area (Å²) in [5, 5.41) is 3.59. The van der Waals surface area contributed by atoms with E-state index in [1.54, 1.807) is 0 Å². The second-order valence-corrected chi connectivity index (χ2v) is 5.17. The predicted octanol–water partition coefficient (Wildman–Crippen LogP) is 3.38. The van der Waals surface area contributed by atoms with Gasteiger partial charge in [0.1, 0.15) is 5.82 Å². The highest BCUT2D eigenvalue weighted by Gasteiger charge is 2.08. The first-order chi connectivity index (χ1) is 9.26. The number of fused-ring (bicyclic) bond motifs is 1. The average Bonchev–Trinajstić information content (AvgIpc) is 2.77. The zero-order valence-electron chi connectivity index (χ0n) is 12.3. The Morgan fingerprint density at radius 1 is 1.26 bits per heavy atom. The largest absolute Gasteiger partial charge is 0.327 e. The van der Waals surface area contributed by atoms with Gasteiger partial charge in [0.05, 0.1) is 11.0 Å². The molecular formula is C16H25N3. The quantitative estimate of drug-likeness (QED) is 0.826. The first kappa shape index (κ1) is 14.1. The van der Waals surface area contributed by atoms with Crippen molar-refractivity contribution in [3.05, 3.63) is 30.1 Å². The standard InChI is InChI=1S/C16H25N3/c1-4-8-13(3)17-11-12-19-15-10-7-6-9-14(15)18-16(19)5-2/h6-7,9-10,13,17H,4-5,8,11-12H2,1-3H3. The summed E-state index contributed by atoms with van der Waals surface area (Å²) in [5.41, 5.74) is 2.37. The minimum absolute atomic E-state index is 0.602. The number of rotatable bonds is 7. The van der Waals surface area contributed by atoms with Crippen LogP contribution in [0.1, 0.15) is 39.4 Å². The molecule has 19 heavy (non-hydrogen) atoms. The van der Waals surface area contributed by atoms with Crippen LogP contribution in [0.2, 0.25) is 0 Å². The summed E-state index contributed by atoms with van der Waals surface area (Å²) in [4.78, 5) is 4.70. The van der Waals surface area contributed by atoms with Gasteiger partial charge in [0.15, 0.2) is 0 Å². The van der Waals surface area contributed by atoms with Gasteiger partial charge in [-0.2, -0.15) is 0 Å². The van der Waals surface area contributed by atoms with Gasteiger partial charge in [0.2, 0.25) is 0 Å². The molecule has 0 fully saturated rings. The van der Waals surface area contributed by atoms with Crippen LogP contribution in [0.15, 0.2) is 24.3 Å². The Kier molecular flexibility index (Phi) is 4.97. The number of benzene rings is 1. The summed E-state index contributed by atoms with van der Waals surface area (Å²) in [6.45, 7) is 8.67. The zero-order valence-corrected chi connectivity index (χ0v) is 12.3. The monoisotopic (exact) mass is 259 g/mol. The van der Waals surface area contributed by atoms with Crippen molar-refractivity contribution in [1.82, 2.24) is 14.9 Å². The smallest absolute Gasteiger partial charge is 0.109 e. The number of para-hydroxylation sites is 2. The van der Waals surface area contributed by atoms with Crippen LogP contribution in [0.3, 0.4) is 0 Å². The summed E-state index contributed by atoms with van der Waals surface area (Å²) in [7, 11) is 0. The second-order valence-electron chi connectivity index (χ2n) is 5.17. The molecule has 0 radical (unpaired) electrons. The van der Waals surface area contributed by atoms with Crippen LogP contribution in [0.5, 0.6) is 0 Å². The summed E-state index contributed by atoms with van der Waals surface area (Å²) in [6, 6.07) is 9.01. The molecule has 1 atom stereocenters. The van der Waals surface area contributed by atoms with Crippen molar-refractivity contribution in [3.8, 4) is 0 Å². The van der Waals surface area contributed by atoms with Crippen LogP contribution in [0.4, 0.5) is 0 Å². The van der Waals surface area contributed by atoms with Crippen LogP contribution >= 0.6 is 0 Å². The van der Waals surface area contributed by atoms with Crippen LogP contribution < -0.4 is 5.32 Å². The maximum Gasteiger partial charge on any atom is 0.109 e. The molecule has 0 spiro atoms. The molecule has 1 unspecified atom stereocenters. The van der Waals surface area contributed by atoms with E-state index in [0.29, 0.717) is 6.04 Å². The molecule has 1 aromatic heterocycles. The number of hydrogen-bond donors (Lipinski definition) is 1. The number of aryl methyl sites for hydroxylation is 1. The molecule has 0 aliphatic carbocycles. The summed E-state index contributed by atoms with van der Waals surface area (Å²) in [5.74, 6) is 1.19. The lowest BCUT2D eigenvalue weighted by atomic mass is 10.2. The molecule has 0 bridgehead atoms. The molecule has 1 N–H and O–H groups in total. The lowest BCUT2D eigenvalue weighted by Crippen LogP contribution is -2.29. The Hall–Kier alpha value is -1.35. The van der Waals surface area contributed by atoms with Crippen molar-refractivity contribution >= 4 is 11.0 Å². The number of aromatic nitrogens is 2. The Morgan fingerprint density at radius 3 is 2.79 bits per heavy atom. The third-order valence-corrected chi connectivity index (χ3v) is 3.60. The van der Waals surface area contributed by atoms with Gasteiger partial charge in [0.25, 0.3) is 0 Å². The van der Waals surface area contributed by atoms with Gasteiger partial charge in [-0.1, -0.05) is 32.4 Å². The van der Waals surface area contributed by atoms with Gasteiger partial charge >= 0.3 is 0 Å². The maximum absolute atomic E-state index is 4.70. The van der Waals surface area contributed by atoms with Crippen molar-refractivity contribution in [2.24, 2.45) is 0 Å². The molecule has 2 rings (SSSR count). The van der Waals surface area contributed by atoms with Crippen LogP contribution in [0, 0.1) is 0 Å². The van der Waals surface area contributed by atoms with Gasteiger partial charge in [-0.05, 0) is 25.5 Å². The Balaban J connectivity index is 2.06. The van der Waals surface area contributed by atoms with E-state index in [4.69, 9.17) is 4.98 Å². The molecule has 2 aromatic rings. The minimum atomic E-state index is 0.602. The topological polar surface area (TPSA) is 29.9 Å². The number of nitrogens with one attached hydrogen (secondary N) is 1. The highest BCUT2D eigenvalue weighted by Crippen LogP contribution is 2.16. The van der Waals surface area contributed by atoms with E-state index < -0.39 is 0 Å². The molecule has 0 aliphatic rings. The SMILES string of the molecule is CCCC(C)NCCn1c(CC)nc2ccccc21. The molecule has 1 aromatic carbocycles. The molecular weight excluding hydrogens is 234 g/mol. The van der Waals surface area contributed by atoms with Gasteiger partial charge in [-0.15, -0.1) is 0 Å². The van der Waals surface area contributed by atoms with Crippen LogP contribution in [-0.2, 0) is 13.0 Å². The van der Waals surface area contributed by atoms with Crippen LogP contribution in [-0.4, -0.2) is 22.1 Å². The van der Waals surface area contributed by atoms with Crippen molar-refractivity contribution in [2.75, 3.05) is 6.54 Å². The predicted molar refractivity (Wildman–Crippen MR) is 81.5 cm³/mol. The number of imidazole rings is 1. The highest BCUT2D eigenvalue weighted by molar-refractivity contribution is 5.75. The van der Waals surface area contributed by atoms with E-state index in [9.17, 15) is 0 Å². The van der Waals surface area contributed by atoms with Crippen LogP contribution in [0.25, 0.3) is 11.0 Å². The summed E-state index contributed by atoms with van der Waals surface area (Å²) in [6.07, 6.45) is 3.47. The molecule has 0 amide bonds. The van der Waals surface area contributed by atoms with Crippen molar-refractivity contribution in [2.45, 2.75) is 52.6 Å². The Bertz CT molecular complexity index is 516. The molecule has 0 saturated heterocycles. The fraction of sp³-hybridized carbons (Fsp3) is 0.562. The normalized spacial score (nSPS) is 13.0. The van der Waals surface area contributed by atoms with Crippen molar-refractivity contribution < 1.29 is 0 Å². The Labute approximate surface area is 116 Å². The summed E-state index contributed by atoms with van der Waals surface area (Å²) >= 11 is 0. The van der Waals surface area contributed by atoms with Crippen molar-refractivity contribution in [1.29, 1.82) is 0 Å².